The minimum Gasteiger partial charge on any atom is -0.308 e. The van der Waals surface area contributed by atoms with E-state index >= 15 is 0 Å². The van der Waals surface area contributed by atoms with Gasteiger partial charge in [0.15, 0.2) is 17.5 Å². The fourth-order valence-electron chi connectivity index (χ4n) is 8.62. The van der Waals surface area contributed by atoms with Crippen molar-refractivity contribution in [3.63, 3.8) is 0 Å². The molecule has 0 aliphatic heterocycles. The molecule has 2 heterocycles. The fourth-order valence-corrected chi connectivity index (χ4v) is 8.62. The number of nitrogens with zero attached hydrogens (tertiary/aromatic N) is 4. The van der Waals surface area contributed by atoms with Gasteiger partial charge in [0.2, 0.25) is 0 Å². The molecule has 0 fully saturated rings. The lowest BCUT2D eigenvalue weighted by atomic mass is 9.97. The lowest BCUT2D eigenvalue weighted by Crippen LogP contribution is -2.03. The molecule has 0 N–H and O–H groups in total. The number of fused-ring (bicyclic) bond motifs is 4. The Morgan fingerprint density at radius 3 is 1.24 bits per heavy atom. The van der Waals surface area contributed by atoms with Crippen molar-refractivity contribution in [2.75, 3.05) is 0 Å². The van der Waals surface area contributed by atoms with Crippen molar-refractivity contribution in [1.82, 2.24) is 19.5 Å². The molecule has 0 radical (unpaired) electrons. The summed E-state index contributed by atoms with van der Waals surface area (Å²) in [5.74, 6) is 1.86. The molecule has 59 heavy (non-hydrogen) atoms. The smallest absolute Gasteiger partial charge is 0.164 e. The fraction of sp³-hybridized carbons (Fsp3) is 0. The summed E-state index contributed by atoms with van der Waals surface area (Å²) in [6.07, 6.45) is 0. The van der Waals surface area contributed by atoms with E-state index in [1.165, 1.54) is 27.4 Å². The van der Waals surface area contributed by atoms with Crippen LogP contribution in [-0.2, 0) is 0 Å². The highest BCUT2D eigenvalue weighted by Crippen LogP contribution is 2.42. The summed E-state index contributed by atoms with van der Waals surface area (Å²) in [5, 5.41) is 4.60. The maximum Gasteiger partial charge on any atom is 0.164 e. The second kappa shape index (κ2) is 14.5. The van der Waals surface area contributed by atoms with Gasteiger partial charge in [0.1, 0.15) is 0 Å². The number of para-hydroxylation sites is 2. The molecule has 4 nitrogen and oxygen atoms in total. The van der Waals surface area contributed by atoms with Gasteiger partial charge in [-0.1, -0.05) is 200 Å². The van der Waals surface area contributed by atoms with Crippen LogP contribution < -0.4 is 0 Å². The van der Waals surface area contributed by atoms with Gasteiger partial charge in [0, 0.05) is 38.4 Å². The molecule has 0 saturated carbocycles. The molecule has 2 aromatic heterocycles. The molecule has 0 saturated heterocycles. The van der Waals surface area contributed by atoms with Crippen LogP contribution in [0.3, 0.4) is 0 Å². The number of hydrogen-bond donors (Lipinski definition) is 0. The molecule has 0 aliphatic rings. The molecule has 9 aromatic carbocycles. The quantitative estimate of drug-likeness (QED) is 0.163. The van der Waals surface area contributed by atoms with Crippen molar-refractivity contribution in [3.05, 3.63) is 218 Å². The van der Waals surface area contributed by atoms with E-state index in [0.717, 1.165) is 60.9 Å². The van der Waals surface area contributed by atoms with Crippen LogP contribution in [0.1, 0.15) is 0 Å². The summed E-state index contributed by atoms with van der Waals surface area (Å²) < 4.78 is 2.44. The molecule has 0 bridgehead atoms. The second-order valence-corrected chi connectivity index (χ2v) is 14.7. The molecule has 11 aromatic rings. The number of rotatable bonds is 7. The van der Waals surface area contributed by atoms with E-state index in [1.54, 1.807) is 0 Å². The minimum absolute atomic E-state index is 0.616. The minimum atomic E-state index is 0.616. The lowest BCUT2D eigenvalue weighted by Gasteiger charge is -2.17. The Balaban J connectivity index is 1.18. The lowest BCUT2D eigenvalue weighted by molar-refractivity contribution is 1.08. The summed E-state index contributed by atoms with van der Waals surface area (Å²) in [4.78, 5) is 16.0. The Morgan fingerprint density at radius 2 is 0.661 bits per heavy atom. The van der Waals surface area contributed by atoms with E-state index in [1.807, 2.05) is 12.1 Å². The van der Waals surface area contributed by atoms with Crippen LogP contribution in [0.2, 0.25) is 0 Å². The highest BCUT2D eigenvalue weighted by molar-refractivity contribution is 6.15. The number of hydrogen-bond acceptors (Lipinski definition) is 3. The molecule has 11 rings (SSSR count). The van der Waals surface area contributed by atoms with Crippen LogP contribution in [0.25, 0.3) is 106 Å². The van der Waals surface area contributed by atoms with Gasteiger partial charge in [-0.3, -0.25) is 0 Å². The zero-order valence-corrected chi connectivity index (χ0v) is 32.1. The van der Waals surface area contributed by atoms with E-state index in [4.69, 9.17) is 15.0 Å². The first-order valence-electron chi connectivity index (χ1n) is 20.0. The second-order valence-electron chi connectivity index (χ2n) is 14.7. The molecule has 4 heteroatoms. The summed E-state index contributed by atoms with van der Waals surface area (Å²) >= 11 is 0. The standard InChI is InChI=1S/C55H36N4/c1-4-19-37(20-5-1)40-25-10-14-30-47(40)53-56-54(48-31-15-11-26-41(48)38-21-6-2-7-22-38)58-55(57-53)49-35-36-51(44-28-13-12-27-43(44)49)59-50-34-17-16-29-45(50)46-33-18-32-42(52(46)59)39-23-8-3-9-24-39/h1-36H. The molecular weight excluding hydrogens is 717 g/mol. The zero-order valence-electron chi connectivity index (χ0n) is 32.1. The first-order chi connectivity index (χ1) is 29.3. The topological polar surface area (TPSA) is 43.6 Å². The SMILES string of the molecule is c1ccc(-c2ccccc2-c2nc(-c3ccccc3-c3ccccc3)nc(-c3ccc(-n4c5ccccc5c5cccc(-c6ccccc6)c54)c4ccccc34)n2)cc1. The van der Waals surface area contributed by atoms with Crippen molar-refractivity contribution in [3.8, 4) is 73.2 Å². The Bertz CT molecular complexity index is 3210. The Morgan fingerprint density at radius 1 is 0.254 bits per heavy atom. The Kier molecular flexibility index (Phi) is 8.45. The summed E-state index contributed by atoms with van der Waals surface area (Å²) in [6, 6.07) is 76.8. The van der Waals surface area contributed by atoms with Gasteiger partial charge in [-0.15, -0.1) is 0 Å². The van der Waals surface area contributed by atoms with Crippen molar-refractivity contribution >= 4 is 32.6 Å². The third-order valence-corrected chi connectivity index (χ3v) is 11.3. The maximum absolute atomic E-state index is 5.36. The van der Waals surface area contributed by atoms with Crippen LogP contribution in [-0.4, -0.2) is 19.5 Å². The van der Waals surface area contributed by atoms with Crippen LogP contribution in [0.4, 0.5) is 0 Å². The van der Waals surface area contributed by atoms with Crippen molar-refractivity contribution < 1.29 is 0 Å². The van der Waals surface area contributed by atoms with Crippen LogP contribution in [0.5, 0.6) is 0 Å². The van der Waals surface area contributed by atoms with Crippen molar-refractivity contribution in [2.45, 2.75) is 0 Å². The molecule has 0 spiro atoms. The Hall–Kier alpha value is -7.95. The summed E-state index contributed by atoms with van der Waals surface area (Å²) in [5.41, 5.74) is 13.0. The molecule has 0 amide bonds. The van der Waals surface area contributed by atoms with E-state index in [9.17, 15) is 0 Å². The largest absolute Gasteiger partial charge is 0.308 e. The molecule has 0 aliphatic carbocycles. The molecular formula is C55H36N4. The van der Waals surface area contributed by atoms with Gasteiger partial charge >= 0.3 is 0 Å². The average Bonchev–Trinajstić information content (AvgIpc) is 3.66. The highest BCUT2D eigenvalue weighted by atomic mass is 15.0. The van der Waals surface area contributed by atoms with Crippen molar-refractivity contribution in [2.24, 2.45) is 0 Å². The third-order valence-electron chi connectivity index (χ3n) is 11.3. The van der Waals surface area contributed by atoms with Gasteiger partial charge in [-0.25, -0.2) is 15.0 Å². The van der Waals surface area contributed by atoms with Crippen LogP contribution in [0.15, 0.2) is 218 Å². The average molecular weight is 753 g/mol. The van der Waals surface area contributed by atoms with Crippen molar-refractivity contribution in [1.29, 1.82) is 0 Å². The van der Waals surface area contributed by atoms with Gasteiger partial charge in [-0.05, 0) is 51.4 Å². The first-order valence-corrected chi connectivity index (χ1v) is 20.0. The van der Waals surface area contributed by atoms with Crippen LogP contribution >= 0.6 is 0 Å². The zero-order chi connectivity index (χ0) is 39.1. The monoisotopic (exact) mass is 752 g/mol. The van der Waals surface area contributed by atoms with Gasteiger partial charge in [0.25, 0.3) is 0 Å². The molecule has 276 valence electrons. The summed E-state index contributed by atoms with van der Waals surface area (Å²) in [6.45, 7) is 0. The van der Waals surface area contributed by atoms with Gasteiger partial charge in [0.05, 0.1) is 16.7 Å². The number of benzene rings is 9. The highest BCUT2D eigenvalue weighted by Gasteiger charge is 2.22. The van der Waals surface area contributed by atoms with Crippen LogP contribution in [0, 0.1) is 0 Å². The van der Waals surface area contributed by atoms with Gasteiger partial charge < -0.3 is 4.57 Å². The van der Waals surface area contributed by atoms with E-state index < -0.39 is 0 Å². The Labute approximate surface area is 342 Å². The molecule has 0 atom stereocenters. The predicted octanol–water partition coefficient (Wildman–Crippen LogP) is 14.1. The number of aromatic nitrogens is 4. The van der Waals surface area contributed by atoms with Gasteiger partial charge in [-0.2, -0.15) is 0 Å². The summed E-state index contributed by atoms with van der Waals surface area (Å²) in [7, 11) is 0. The third kappa shape index (κ3) is 5.98. The van der Waals surface area contributed by atoms with E-state index in [2.05, 4.69) is 211 Å². The van der Waals surface area contributed by atoms with E-state index in [0.29, 0.717) is 17.5 Å². The first kappa shape index (κ1) is 34.3. The van der Waals surface area contributed by atoms with E-state index in [-0.39, 0.29) is 0 Å². The predicted molar refractivity (Wildman–Crippen MR) is 244 cm³/mol. The maximum atomic E-state index is 5.36. The normalized spacial score (nSPS) is 11.4. The molecule has 0 unspecified atom stereocenters.